The van der Waals surface area contributed by atoms with Crippen LogP contribution in [-0.4, -0.2) is 89.3 Å². The predicted octanol–water partition coefficient (Wildman–Crippen LogP) is 5.19. The fourth-order valence-electron chi connectivity index (χ4n) is 8.34. The second-order valence-corrected chi connectivity index (χ2v) is 12.9. The minimum absolute atomic E-state index is 0.00764. The van der Waals surface area contributed by atoms with Crippen molar-refractivity contribution in [1.82, 2.24) is 9.80 Å². The number of likely N-dealkylation sites (tertiary alicyclic amines) is 1. The lowest BCUT2D eigenvalue weighted by Crippen LogP contribution is -2.42. The molecule has 2 N–H and O–H groups in total. The molecule has 5 aliphatic rings. The molecule has 0 aromatic heterocycles. The third kappa shape index (κ3) is 5.17. The lowest BCUT2D eigenvalue weighted by atomic mass is 9.88. The van der Waals surface area contributed by atoms with Crippen LogP contribution in [0.15, 0.2) is 56.5 Å². The Balaban J connectivity index is 1.31. The number of phenolic OH excluding ortho intramolecular Hbond substituents is 1. The van der Waals surface area contributed by atoms with E-state index >= 15 is 4.39 Å². The minimum atomic E-state index is -0.764. The number of hydrogen-bond acceptors (Lipinski definition) is 8. The third-order valence-corrected chi connectivity index (χ3v) is 10.3. The number of aliphatic hydroxyl groups is 1. The first-order valence-corrected chi connectivity index (χ1v) is 15.7. The first-order valence-electron chi connectivity index (χ1n) is 15.7. The van der Waals surface area contributed by atoms with Gasteiger partial charge in [0, 0.05) is 35.3 Å². The quantitative estimate of drug-likeness (QED) is 0.255. The zero-order valence-electron chi connectivity index (χ0n) is 25.2. The van der Waals surface area contributed by atoms with Gasteiger partial charge in [0.15, 0.2) is 5.83 Å². The third-order valence-electron chi connectivity index (χ3n) is 10.3. The summed E-state index contributed by atoms with van der Waals surface area (Å²) >= 11 is 0. The van der Waals surface area contributed by atoms with Gasteiger partial charge in [0.25, 0.3) is 0 Å². The second kappa shape index (κ2) is 11.8. The normalized spacial score (nSPS) is 27.8. The molecule has 4 heterocycles. The molecule has 1 aliphatic carbocycles. The summed E-state index contributed by atoms with van der Waals surface area (Å²) in [5.74, 6) is 1.59. The highest BCUT2D eigenvalue weighted by atomic mass is 19.1. The van der Waals surface area contributed by atoms with E-state index in [9.17, 15) is 14.6 Å². The molecule has 0 radical (unpaired) electrons. The van der Waals surface area contributed by atoms with Crippen molar-refractivity contribution in [3.63, 3.8) is 0 Å². The second-order valence-electron chi connectivity index (χ2n) is 12.9. The van der Waals surface area contributed by atoms with Crippen LogP contribution in [0, 0.1) is 24.1 Å². The van der Waals surface area contributed by atoms with Gasteiger partial charge in [-0.25, -0.2) is 13.8 Å². The lowest BCUT2D eigenvalue weighted by Gasteiger charge is -2.31. The van der Waals surface area contributed by atoms with E-state index in [4.69, 9.17) is 11.2 Å². The number of hydrogen-bond donors (Lipinski definition) is 2. The van der Waals surface area contributed by atoms with Gasteiger partial charge in [-0.1, -0.05) is 12.0 Å². The zero-order chi connectivity index (χ0) is 31.3. The number of halogens is 2. The van der Waals surface area contributed by atoms with Crippen LogP contribution in [-0.2, 0) is 4.74 Å². The molecule has 2 bridgehead atoms. The number of rotatable bonds is 7. The number of aliphatic hydroxyl groups excluding tert-OH is 1. The van der Waals surface area contributed by atoms with E-state index in [0.29, 0.717) is 48.7 Å². The molecule has 0 amide bonds. The summed E-state index contributed by atoms with van der Waals surface area (Å²) in [5, 5.41) is 21.7. The van der Waals surface area contributed by atoms with Crippen LogP contribution in [0.1, 0.15) is 56.1 Å². The fraction of sp³-hybridized carbons (Fsp3) is 0.457. The van der Waals surface area contributed by atoms with E-state index in [1.54, 1.807) is 0 Å². The highest BCUT2D eigenvalue weighted by Gasteiger charge is 2.44. The average Bonchev–Trinajstić information content (AvgIpc) is 3.68. The molecule has 1 saturated carbocycles. The summed E-state index contributed by atoms with van der Waals surface area (Å²) in [6.07, 6.45) is 13.4. The zero-order valence-corrected chi connectivity index (χ0v) is 25.2. The van der Waals surface area contributed by atoms with Crippen molar-refractivity contribution in [1.29, 1.82) is 0 Å². The predicted molar refractivity (Wildman–Crippen MR) is 171 cm³/mol. The van der Waals surface area contributed by atoms with Crippen LogP contribution in [0.2, 0.25) is 0 Å². The Hall–Kier alpha value is -3.91. The van der Waals surface area contributed by atoms with Gasteiger partial charge in [0.1, 0.15) is 35.5 Å². The summed E-state index contributed by atoms with van der Waals surface area (Å²) in [7, 11) is 0. The summed E-state index contributed by atoms with van der Waals surface area (Å²) < 4.78 is 37.9. The summed E-state index contributed by atoms with van der Waals surface area (Å²) in [6.45, 7) is 7.05. The van der Waals surface area contributed by atoms with Gasteiger partial charge in [-0.3, -0.25) is 14.9 Å². The van der Waals surface area contributed by atoms with Crippen LogP contribution < -0.4 is 0 Å². The average molecular weight is 614 g/mol. The van der Waals surface area contributed by atoms with Gasteiger partial charge in [0.2, 0.25) is 0 Å². The van der Waals surface area contributed by atoms with Crippen molar-refractivity contribution < 1.29 is 23.7 Å². The molecular formula is C35H37F2N5O3. The van der Waals surface area contributed by atoms with Gasteiger partial charge in [-0.05, 0) is 94.3 Å². The molecule has 4 aliphatic heterocycles. The summed E-state index contributed by atoms with van der Waals surface area (Å²) in [5.41, 5.74) is 0.339. The Kier molecular flexibility index (Phi) is 7.80. The van der Waals surface area contributed by atoms with Gasteiger partial charge in [-0.15, -0.1) is 6.42 Å². The van der Waals surface area contributed by atoms with E-state index in [1.165, 1.54) is 30.5 Å². The van der Waals surface area contributed by atoms with Crippen molar-refractivity contribution in [2.24, 2.45) is 20.9 Å². The summed E-state index contributed by atoms with van der Waals surface area (Å²) in [6, 6.07) is 5.54. The van der Waals surface area contributed by atoms with E-state index in [1.807, 2.05) is 0 Å². The van der Waals surface area contributed by atoms with Crippen LogP contribution in [0.4, 0.5) is 8.78 Å². The molecule has 234 valence electrons. The van der Waals surface area contributed by atoms with Crippen LogP contribution >= 0.6 is 0 Å². The van der Waals surface area contributed by atoms with E-state index in [-0.39, 0.29) is 52.0 Å². The highest BCUT2D eigenvalue weighted by Crippen LogP contribution is 2.42. The monoisotopic (exact) mass is 613 g/mol. The maximum atomic E-state index is 16.9. The van der Waals surface area contributed by atoms with Crippen molar-refractivity contribution in [3.8, 4) is 18.1 Å². The number of terminal acetylenes is 1. The highest BCUT2D eigenvalue weighted by molar-refractivity contribution is 6.29. The molecule has 0 spiro atoms. The Morgan fingerprint density at radius 2 is 1.98 bits per heavy atom. The Morgan fingerprint density at radius 1 is 1.18 bits per heavy atom. The molecule has 10 heteroatoms. The number of fused-ring (bicyclic) bond motifs is 4. The number of allylic oxidation sites excluding steroid dienone is 2. The van der Waals surface area contributed by atoms with Crippen LogP contribution in [0.5, 0.6) is 5.75 Å². The number of aliphatic imine (C=N–C) groups is 3. The standard InChI is InChI=1S/C35H37F2N5O3/c1-3-26-29(36)7-6-22-14-25(44)16-27(30(22)26)32-31(37)33(40-20-45-19-35-8-4-10-41(35)11-5-9-35)28(17-39-32)34(38-2)42-18-21-12-23(42)15-24(43)13-21/h1,6-7,14,16-17,21,23-24,43-44H,2,4-5,8-13,15,18-20H2/b34-28+,40-33?. The molecule has 3 unspecified atom stereocenters. The molecule has 2 aromatic carbocycles. The molecule has 3 atom stereocenters. The van der Waals surface area contributed by atoms with Gasteiger partial charge in [0.05, 0.1) is 23.8 Å². The lowest BCUT2D eigenvalue weighted by molar-refractivity contribution is 0.0392. The Bertz CT molecular complexity index is 1710. The maximum absolute atomic E-state index is 16.9. The smallest absolute Gasteiger partial charge is 0.175 e. The van der Waals surface area contributed by atoms with Gasteiger partial charge in [-0.2, -0.15) is 0 Å². The number of aromatic hydroxyl groups is 1. The molecule has 8 nitrogen and oxygen atoms in total. The van der Waals surface area contributed by atoms with Crippen molar-refractivity contribution in [2.45, 2.75) is 62.6 Å². The Labute approximate surface area is 261 Å². The van der Waals surface area contributed by atoms with E-state index in [2.05, 4.69) is 37.4 Å². The minimum Gasteiger partial charge on any atom is -0.508 e. The number of benzene rings is 2. The first kappa shape index (κ1) is 29.8. The van der Waals surface area contributed by atoms with Crippen molar-refractivity contribution >= 4 is 35.1 Å². The number of nitrogens with zero attached hydrogens (tertiary/aromatic N) is 5. The summed E-state index contributed by atoms with van der Waals surface area (Å²) in [4.78, 5) is 18.1. The molecule has 2 aromatic rings. The van der Waals surface area contributed by atoms with E-state index < -0.39 is 17.7 Å². The van der Waals surface area contributed by atoms with Gasteiger partial charge < -0.3 is 19.8 Å². The SMILES string of the molecule is C#Cc1c(F)ccc2cc(O)cc(C3=C(F)C(=NCOCC45CCCN4CCC5)/C(=C(\N=C)N4CC5CC(O)CC4C5)C=N3)c12. The number of ether oxygens (including phenoxy) is 1. The van der Waals surface area contributed by atoms with E-state index in [0.717, 1.165) is 45.2 Å². The maximum Gasteiger partial charge on any atom is 0.175 e. The van der Waals surface area contributed by atoms with Crippen LogP contribution in [0.25, 0.3) is 16.5 Å². The fourth-order valence-corrected chi connectivity index (χ4v) is 8.34. The van der Waals surface area contributed by atoms with Gasteiger partial charge >= 0.3 is 0 Å². The first-order chi connectivity index (χ1) is 21.8. The largest absolute Gasteiger partial charge is 0.508 e. The van der Waals surface area contributed by atoms with Crippen LogP contribution in [0.3, 0.4) is 0 Å². The number of phenols is 1. The molecule has 45 heavy (non-hydrogen) atoms. The molecule has 3 saturated heterocycles. The topological polar surface area (TPSA) is 93.3 Å². The Morgan fingerprint density at radius 3 is 2.73 bits per heavy atom. The molecule has 7 rings (SSSR count). The molecule has 4 fully saturated rings. The van der Waals surface area contributed by atoms with Crippen molar-refractivity contribution in [2.75, 3.05) is 33.0 Å². The van der Waals surface area contributed by atoms with Crippen molar-refractivity contribution in [3.05, 3.63) is 58.4 Å². The molecular weight excluding hydrogens is 576 g/mol.